The zero-order valence-corrected chi connectivity index (χ0v) is 19.6. The maximum absolute atomic E-state index is 10.1. The van der Waals surface area contributed by atoms with Crippen LogP contribution in [0, 0.1) is 0 Å². The fourth-order valence-corrected chi connectivity index (χ4v) is 8.56. The van der Waals surface area contributed by atoms with Gasteiger partial charge in [-0.15, -0.1) is 23.5 Å². The maximum atomic E-state index is 10.1. The summed E-state index contributed by atoms with van der Waals surface area (Å²) in [7, 11) is 1.66. The summed E-state index contributed by atoms with van der Waals surface area (Å²) in [5.41, 5.74) is 4.80. The van der Waals surface area contributed by atoms with Crippen LogP contribution >= 0.6 is 72.4 Å². The van der Waals surface area contributed by atoms with Gasteiger partial charge >= 0.3 is 0 Å². The molecule has 2 aliphatic carbocycles. The number of thiocarbonyl (C=S) groups is 4. The molecule has 1 heterocycles. The van der Waals surface area contributed by atoms with E-state index in [-0.39, 0.29) is 6.10 Å². The Kier molecular flexibility index (Phi) is 6.88. The Morgan fingerprint density at radius 2 is 1.58 bits per heavy atom. The Balaban J connectivity index is 1.82. The molecule has 0 aromatic heterocycles. The van der Waals surface area contributed by atoms with Crippen molar-refractivity contribution < 1.29 is 9.84 Å². The molecule has 0 aromatic carbocycles. The van der Waals surface area contributed by atoms with Crippen molar-refractivity contribution in [2.75, 3.05) is 12.9 Å². The smallest absolute Gasteiger partial charge is 0.124 e. The van der Waals surface area contributed by atoms with Crippen LogP contribution in [-0.2, 0) is 4.74 Å². The summed E-state index contributed by atoms with van der Waals surface area (Å²) in [6.07, 6.45) is 0.469. The lowest BCUT2D eigenvalue weighted by atomic mass is 9.88. The van der Waals surface area contributed by atoms with Gasteiger partial charge in [0.15, 0.2) is 0 Å². The Hall–Kier alpha value is 0.460. The third-order valence-corrected chi connectivity index (χ3v) is 10.3. The average molecular weight is 461 g/mol. The van der Waals surface area contributed by atoms with Gasteiger partial charge < -0.3 is 9.84 Å². The SMILES string of the molecule is COC1C(=S)CC(C2SCC(C3=C(C)C(=S)C(O)C(=S)C3)S2)=C(C)C1=S. The number of aliphatic hydroxyl groups excluding tert-OH is 1. The molecule has 1 aliphatic heterocycles. The molecule has 0 aromatic rings. The average Bonchev–Trinajstić information content (AvgIpc) is 3.09. The predicted octanol–water partition coefficient (Wildman–Crippen LogP) is 4.46. The number of methoxy groups -OCH3 is 1. The van der Waals surface area contributed by atoms with Crippen molar-refractivity contribution in [1.29, 1.82) is 0 Å². The first kappa shape index (κ1) is 21.2. The Labute approximate surface area is 184 Å². The largest absolute Gasteiger partial charge is 0.382 e. The van der Waals surface area contributed by atoms with Crippen molar-refractivity contribution in [2.24, 2.45) is 0 Å². The number of rotatable bonds is 3. The molecule has 140 valence electrons. The van der Waals surface area contributed by atoms with Gasteiger partial charge in [0, 0.05) is 40.7 Å². The summed E-state index contributed by atoms with van der Waals surface area (Å²) in [6.45, 7) is 4.10. The Morgan fingerprint density at radius 1 is 0.962 bits per heavy atom. The van der Waals surface area contributed by atoms with Crippen molar-refractivity contribution in [3.05, 3.63) is 22.3 Å². The van der Waals surface area contributed by atoms with E-state index in [0.29, 0.717) is 26.0 Å². The van der Waals surface area contributed by atoms with E-state index >= 15 is 0 Å². The van der Waals surface area contributed by atoms with Gasteiger partial charge in [-0.2, -0.15) is 0 Å². The molecule has 8 heteroatoms. The van der Waals surface area contributed by atoms with Crippen molar-refractivity contribution in [2.45, 2.75) is 48.7 Å². The van der Waals surface area contributed by atoms with Crippen LogP contribution in [0.25, 0.3) is 0 Å². The third kappa shape index (κ3) is 3.81. The number of aliphatic hydroxyl groups is 1. The Bertz CT molecular complexity index is 766. The fraction of sp³-hybridized carbons (Fsp3) is 0.556. The normalized spacial score (nSPS) is 33.5. The first-order chi connectivity index (χ1) is 12.3. The zero-order valence-electron chi connectivity index (χ0n) is 14.7. The van der Waals surface area contributed by atoms with Gasteiger partial charge in [0.05, 0.1) is 14.3 Å². The second-order valence-electron chi connectivity index (χ2n) is 6.62. The summed E-state index contributed by atoms with van der Waals surface area (Å²) < 4.78 is 5.81. The van der Waals surface area contributed by atoms with E-state index in [1.165, 1.54) is 11.1 Å². The number of hydrogen-bond donors (Lipinski definition) is 1. The molecule has 0 bridgehead atoms. The standard InChI is InChI=1S/C18H20O2S6/c1-7-9(4-11(21)14(19)16(7)23)13-6-25-18(26-13)10-5-12(22)15(20-3)17(24)8(10)2/h13-15,18-19H,4-6H2,1-3H3. The van der Waals surface area contributed by atoms with Gasteiger partial charge in [-0.3, -0.25) is 0 Å². The monoisotopic (exact) mass is 460 g/mol. The second kappa shape index (κ2) is 8.45. The van der Waals surface area contributed by atoms with Crippen molar-refractivity contribution in [3.63, 3.8) is 0 Å². The predicted molar refractivity (Wildman–Crippen MR) is 129 cm³/mol. The highest BCUT2D eigenvalue weighted by molar-refractivity contribution is 8.20. The molecule has 3 aliphatic rings. The fourth-order valence-electron chi connectivity index (χ4n) is 3.46. The zero-order chi connectivity index (χ0) is 19.2. The van der Waals surface area contributed by atoms with Crippen LogP contribution in [0.15, 0.2) is 22.3 Å². The number of ether oxygens (including phenoxy) is 1. The Morgan fingerprint density at radius 3 is 2.23 bits per heavy atom. The van der Waals surface area contributed by atoms with E-state index in [1.807, 2.05) is 30.4 Å². The van der Waals surface area contributed by atoms with Crippen LogP contribution < -0.4 is 0 Å². The van der Waals surface area contributed by atoms with E-state index in [9.17, 15) is 5.11 Å². The van der Waals surface area contributed by atoms with E-state index < -0.39 is 6.10 Å². The molecule has 1 saturated heterocycles. The summed E-state index contributed by atoms with van der Waals surface area (Å²) in [5, 5.41) is 10.5. The minimum Gasteiger partial charge on any atom is -0.382 e. The molecular weight excluding hydrogens is 441 g/mol. The van der Waals surface area contributed by atoms with Crippen LogP contribution in [0.2, 0.25) is 0 Å². The molecule has 0 saturated carbocycles. The quantitative estimate of drug-likeness (QED) is 0.618. The second-order valence-corrected chi connectivity index (χ2v) is 11.3. The molecule has 26 heavy (non-hydrogen) atoms. The lowest BCUT2D eigenvalue weighted by Gasteiger charge is -2.30. The summed E-state index contributed by atoms with van der Waals surface area (Å²) in [6, 6.07) is 0. The highest BCUT2D eigenvalue weighted by atomic mass is 32.2. The molecule has 0 amide bonds. The van der Waals surface area contributed by atoms with E-state index in [4.69, 9.17) is 53.6 Å². The van der Waals surface area contributed by atoms with Crippen LogP contribution in [0.3, 0.4) is 0 Å². The maximum Gasteiger partial charge on any atom is 0.124 e. The van der Waals surface area contributed by atoms with Crippen LogP contribution in [0.5, 0.6) is 0 Å². The molecule has 2 nitrogen and oxygen atoms in total. The first-order valence-electron chi connectivity index (χ1n) is 8.27. The summed E-state index contributed by atoms with van der Waals surface area (Å²) in [5.74, 6) is 1.01. The summed E-state index contributed by atoms with van der Waals surface area (Å²) >= 11 is 25.8. The van der Waals surface area contributed by atoms with Crippen molar-refractivity contribution >= 4 is 91.9 Å². The van der Waals surface area contributed by atoms with Crippen LogP contribution in [0.4, 0.5) is 0 Å². The van der Waals surface area contributed by atoms with Crippen LogP contribution in [-0.4, -0.2) is 59.5 Å². The first-order valence-corrected chi connectivity index (χ1v) is 11.9. The molecular formula is C18H20O2S6. The molecule has 0 radical (unpaired) electrons. The molecule has 0 spiro atoms. The van der Waals surface area contributed by atoms with Gasteiger partial charge in [0.1, 0.15) is 12.2 Å². The van der Waals surface area contributed by atoms with E-state index in [2.05, 4.69) is 6.92 Å². The van der Waals surface area contributed by atoms with Crippen molar-refractivity contribution in [1.82, 2.24) is 0 Å². The van der Waals surface area contributed by atoms with Gasteiger partial charge in [0.2, 0.25) is 0 Å². The van der Waals surface area contributed by atoms with Gasteiger partial charge in [-0.05, 0) is 36.1 Å². The van der Waals surface area contributed by atoms with Gasteiger partial charge in [0.25, 0.3) is 0 Å². The molecule has 1 N–H and O–H groups in total. The minimum absolute atomic E-state index is 0.213. The number of thioether (sulfide) groups is 2. The molecule has 4 atom stereocenters. The van der Waals surface area contributed by atoms with Crippen LogP contribution in [0.1, 0.15) is 26.7 Å². The molecule has 4 unspecified atom stereocenters. The third-order valence-electron chi connectivity index (χ3n) is 5.11. The molecule has 1 fully saturated rings. The topological polar surface area (TPSA) is 29.5 Å². The highest BCUT2D eigenvalue weighted by Gasteiger charge is 2.39. The molecule has 3 rings (SSSR count). The minimum atomic E-state index is -0.748. The van der Waals surface area contributed by atoms with Gasteiger partial charge in [-0.1, -0.05) is 48.9 Å². The van der Waals surface area contributed by atoms with E-state index in [1.54, 1.807) is 7.11 Å². The summed E-state index contributed by atoms with van der Waals surface area (Å²) in [4.78, 5) is 2.93. The lowest BCUT2D eigenvalue weighted by molar-refractivity contribution is 0.206. The lowest BCUT2D eigenvalue weighted by Crippen LogP contribution is -2.36. The highest BCUT2D eigenvalue weighted by Crippen LogP contribution is 2.49. The van der Waals surface area contributed by atoms with Gasteiger partial charge in [-0.25, -0.2) is 0 Å². The van der Waals surface area contributed by atoms with E-state index in [0.717, 1.165) is 33.0 Å². The number of hydrogen-bond acceptors (Lipinski definition) is 8. The van der Waals surface area contributed by atoms with Crippen molar-refractivity contribution in [3.8, 4) is 0 Å².